The minimum absolute atomic E-state index is 0.155. The summed E-state index contributed by atoms with van der Waals surface area (Å²) in [6.45, 7) is 0. The maximum absolute atomic E-state index is 11.4. The van der Waals surface area contributed by atoms with Crippen molar-refractivity contribution in [1.82, 2.24) is 5.32 Å². The number of anilines is 1. The summed E-state index contributed by atoms with van der Waals surface area (Å²) in [4.78, 5) is 22.5. The first kappa shape index (κ1) is 11.9. The molecule has 0 radical (unpaired) electrons. The van der Waals surface area contributed by atoms with E-state index in [0.717, 1.165) is 10.2 Å². The number of hydrogen-bond acceptors (Lipinski definition) is 4. The average molecular weight is 299 g/mol. The Labute approximate surface area is 107 Å². The molecule has 5 nitrogen and oxygen atoms in total. The fraction of sp³-hybridized carbons (Fsp3) is 0.273. The number of carbonyl (C=O) groups excluding carboxylic acids is 2. The first-order valence-electron chi connectivity index (χ1n) is 5.04. The second-order valence-corrected chi connectivity index (χ2v) is 4.51. The van der Waals surface area contributed by atoms with Crippen LogP contribution in [0, 0.1) is 0 Å². The van der Waals surface area contributed by atoms with Gasteiger partial charge >= 0.3 is 0 Å². The Balaban J connectivity index is 2.18. The summed E-state index contributed by atoms with van der Waals surface area (Å²) < 4.78 is 5.90. The second-order valence-electron chi connectivity index (χ2n) is 3.66. The molecule has 1 aromatic carbocycles. The molecule has 1 unspecified atom stereocenters. The van der Waals surface area contributed by atoms with E-state index in [1.54, 1.807) is 19.2 Å². The zero-order chi connectivity index (χ0) is 12.4. The van der Waals surface area contributed by atoms with Gasteiger partial charge in [0.2, 0.25) is 11.8 Å². The molecule has 1 atom stereocenters. The monoisotopic (exact) mass is 298 g/mol. The Hall–Kier alpha value is -1.56. The SMILES string of the molecule is COc1ccc(Br)c(NC2CC(=O)NC2=O)c1. The predicted molar refractivity (Wildman–Crippen MR) is 65.9 cm³/mol. The normalized spacial score (nSPS) is 19.1. The van der Waals surface area contributed by atoms with Crippen LogP contribution in [0.1, 0.15) is 6.42 Å². The van der Waals surface area contributed by atoms with Crippen molar-refractivity contribution >= 4 is 33.4 Å². The van der Waals surface area contributed by atoms with Crippen molar-refractivity contribution in [3.63, 3.8) is 0 Å². The molecule has 17 heavy (non-hydrogen) atoms. The lowest BCUT2D eigenvalue weighted by atomic mass is 10.2. The van der Waals surface area contributed by atoms with E-state index in [4.69, 9.17) is 4.74 Å². The summed E-state index contributed by atoms with van der Waals surface area (Å²) >= 11 is 3.37. The molecule has 0 aliphatic carbocycles. The highest BCUT2D eigenvalue weighted by molar-refractivity contribution is 9.10. The topological polar surface area (TPSA) is 67.4 Å². The summed E-state index contributed by atoms with van der Waals surface area (Å²) in [6.07, 6.45) is 0.155. The van der Waals surface area contributed by atoms with Crippen LogP contribution in [0.25, 0.3) is 0 Å². The molecule has 1 aromatic rings. The average Bonchev–Trinajstić information content (AvgIpc) is 2.60. The van der Waals surface area contributed by atoms with Crippen molar-refractivity contribution in [2.24, 2.45) is 0 Å². The molecule has 1 heterocycles. The van der Waals surface area contributed by atoms with Crippen LogP contribution in [-0.4, -0.2) is 25.0 Å². The first-order chi connectivity index (χ1) is 8.10. The van der Waals surface area contributed by atoms with Crippen LogP contribution in [-0.2, 0) is 9.59 Å². The summed E-state index contributed by atoms with van der Waals surface area (Å²) in [5, 5.41) is 5.25. The number of carbonyl (C=O) groups is 2. The molecular weight excluding hydrogens is 288 g/mol. The lowest BCUT2D eigenvalue weighted by Crippen LogP contribution is -2.30. The van der Waals surface area contributed by atoms with Crippen LogP contribution >= 0.6 is 15.9 Å². The summed E-state index contributed by atoms with van der Waals surface area (Å²) in [5.41, 5.74) is 0.721. The number of nitrogens with one attached hydrogen (secondary N) is 2. The molecule has 0 spiro atoms. The molecule has 0 aromatic heterocycles. The van der Waals surface area contributed by atoms with Gasteiger partial charge in [-0.2, -0.15) is 0 Å². The first-order valence-corrected chi connectivity index (χ1v) is 5.83. The fourth-order valence-electron chi connectivity index (χ4n) is 1.60. The second kappa shape index (κ2) is 4.75. The van der Waals surface area contributed by atoms with Gasteiger partial charge in [0.15, 0.2) is 0 Å². The lowest BCUT2D eigenvalue weighted by Gasteiger charge is -2.13. The highest BCUT2D eigenvalue weighted by Gasteiger charge is 2.30. The van der Waals surface area contributed by atoms with E-state index < -0.39 is 6.04 Å². The van der Waals surface area contributed by atoms with Crippen molar-refractivity contribution < 1.29 is 14.3 Å². The molecule has 1 fully saturated rings. The molecule has 2 N–H and O–H groups in total. The van der Waals surface area contributed by atoms with Crippen molar-refractivity contribution in [3.8, 4) is 5.75 Å². The Bertz CT molecular complexity index is 476. The van der Waals surface area contributed by atoms with Crippen molar-refractivity contribution in [3.05, 3.63) is 22.7 Å². The fourth-order valence-corrected chi connectivity index (χ4v) is 1.96. The van der Waals surface area contributed by atoms with E-state index in [1.807, 2.05) is 6.07 Å². The van der Waals surface area contributed by atoms with Gasteiger partial charge in [-0.05, 0) is 28.1 Å². The molecule has 2 rings (SSSR count). The minimum atomic E-state index is -0.522. The number of halogens is 1. The van der Waals surface area contributed by atoms with Gasteiger partial charge in [-0.1, -0.05) is 0 Å². The molecule has 1 saturated heterocycles. The zero-order valence-corrected chi connectivity index (χ0v) is 10.7. The number of methoxy groups -OCH3 is 1. The Morgan fingerprint density at radius 1 is 1.47 bits per heavy atom. The minimum Gasteiger partial charge on any atom is -0.497 e. The van der Waals surface area contributed by atoms with Gasteiger partial charge in [-0.15, -0.1) is 0 Å². The molecule has 0 bridgehead atoms. The van der Waals surface area contributed by atoms with Crippen LogP contribution in [0.15, 0.2) is 22.7 Å². The number of hydrogen-bond donors (Lipinski definition) is 2. The van der Waals surface area contributed by atoms with E-state index >= 15 is 0 Å². The molecular formula is C11H11BrN2O3. The Kier molecular flexibility index (Phi) is 3.33. The van der Waals surface area contributed by atoms with Gasteiger partial charge < -0.3 is 10.1 Å². The number of benzene rings is 1. The molecule has 0 saturated carbocycles. The van der Waals surface area contributed by atoms with Crippen LogP contribution in [0.3, 0.4) is 0 Å². The highest BCUT2D eigenvalue weighted by atomic mass is 79.9. The Morgan fingerprint density at radius 3 is 2.82 bits per heavy atom. The third kappa shape index (κ3) is 2.58. The number of rotatable bonds is 3. The maximum atomic E-state index is 11.4. The molecule has 1 aliphatic rings. The van der Waals surface area contributed by atoms with Gasteiger partial charge in [-0.25, -0.2) is 0 Å². The quantitative estimate of drug-likeness (QED) is 0.825. The number of imide groups is 1. The zero-order valence-electron chi connectivity index (χ0n) is 9.12. The maximum Gasteiger partial charge on any atom is 0.249 e. The van der Waals surface area contributed by atoms with Gasteiger partial charge in [0.25, 0.3) is 0 Å². The third-order valence-corrected chi connectivity index (χ3v) is 3.16. The van der Waals surface area contributed by atoms with Gasteiger partial charge in [0.1, 0.15) is 11.8 Å². The summed E-state index contributed by atoms with van der Waals surface area (Å²) in [5.74, 6) is 0.122. The largest absolute Gasteiger partial charge is 0.497 e. The van der Waals surface area contributed by atoms with E-state index in [9.17, 15) is 9.59 Å². The summed E-state index contributed by atoms with van der Waals surface area (Å²) in [7, 11) is 1.57. The molecule has 2 amide bonds. The van der Waals surface area contributed by atoms with Crippen molar-refractivity contribution in [2.75, 3.05) is 12.4 Å². The van der Waals surface area contributed by atoms with E-state index in [2.05, 4.69) is 26.6 Å². The number of ether oxygens (including phenoxy) is 1. The standard InChI is InChI=1S/C11H11BrN2O3/c1-17-6-2-3-7(12)8(4-6)13-9-5-10(15)14-11(9)16/h2-4,9,13H,5H2,1H3,(H,14,15,16). The van der Waals surface area contributed by atoms with Crippen molar-refractivity contribution in [1.29, 1.82) is 0 Å². The van der Waals surface area contributed by atoms with Gasteiger partial charge in [0.05, 0.1) is 19.2 Å². The Morgan fingerprint density at radius 2 is 2.24 bits per heavy atom. The van der Waals surface area contributed by atoms with Crippen molar-refractivity contribution in [2.45, 2.75) is 12.5 Å². The van der Waals surface area contributed by atoms with Crippen LogP contribution in [0.2, 0.25) is 0 Å². The lowest BCUT2D eigenvalue weighted by molar-refractivity contribution is -0.124. The van der Waals surface area contributed by atoms with Crippen LogP contribution in [0.4, 0.5) is 5.69 Å². The van der Waals surface area contributed by atoms with E-state index in [0.29, 0.717) is 5.75 Å². The van der Waals surface area contributed by atoms with Gasteiger partial charge in [-0.3, -0.25) is 14.9 Å². The number of amides is 2. The van der Waals surface area contributed by atoms with Gasteiger partial charge in [0, 0.05) is 10.5 Å². The predicted octanol–water partition coefficient (Wildman–Crippen LogP) is 1.28. The molecule has 6 heteroatoms. The summed E-state index contributed by atoms with van der Waals surface area (Å²) in [6, 6.07) is 4.86. The highest BCUT2D eigenvalue weighted by Crippen LogP contribution is 2.28. The third-order valence-electron chi connectivity index (χ3n) is 2.47. The molecule has 90 valence electrons. The van der Waals surface area contributed by atoms with E-state index in [-0.39, 0.29) is 18.2 Å². The molecule has 1 aliphatic heterocycles. The van der Waals surface area contributed by atoms with Crippen LogP contribution < -0.4 is 15.4 Å². The van der Waals surface area contributed by atoms with Crippen LogP contribution in [0.5, 0.6) is 5.75 Å². The van der Waals surface area contributed by atoms with E-state index in [1.165, 1.54) is 0 Å². The smallest absolute Gasteiger partial charge is 0.249 e.